The van der Waals surface area contributed by atoms with E-state index in [2.05, 4.69) is 35.9 Å². The van der Waals surface area contributed by atoms with Gasteiger partial charge in [-0.3, -0.25) is 19.7 Å². The lowest BCUT2D eigenvalue weighted by Gasteiger charge is -2.29. The molecule has 2 saturated heterocycles. The zero-order valence-electron chi connectivity index (χ0n) is 16.5. The van der Waals surface area contributed by atoms with Crippen LogP contribution in [0.25, 0.3) is 0 Å². The smallest absolute Gasteiger partial charge is 0.255 e. The molecular weight excluding hydrogens is 356 g/mol. The molecule has 3 aliphatic heterocycles. The van der Waals surface area contributed by atoms with E-state index in [-0.39, 0.29) is 29.7 Å². The van der Waals surface area contributed by atoms with Gasteiger partial charge in [-0.15, -0.1) is 0 Å². The maximum absolute atomic E-state index is 12.7. The van der Waals surface area contributed by atoms with E-state index in [1.165, 1.54) is 6.42 Å². The van der Waals surface area contributed by atoms with Crippen LogP contribution in [0.4, 0.5) is 0 Å². The van der Waals surface area contributed by atoms with E-state index in [9.17, 15) is 14.4 Å². The van der Waals surface area contributed by atoms with Crippen LogP contribution in [0.5, 0.6) is 0 Å². The number of piperidine rings is 1. The van der Waals surface area contributed by atoms with Gasteiger partial charge in [0.05, 0.1) is 0 Å². The predicted molar refractivity (Wildman–Crippen MR) is 104 cm³/mol. The average molecular weight is 384 g/mol. The van der Waals surface area contributed by atoms with Crippen molar-refractivity contribution in [2.24, 2.45) is 5.92 Å². The number of amides is 3. The van der Waals surface area contributed by atoms with Gasteiger partial charge in [-0.1, -0.05) is 12.1 Å². The van der Waals surface area contributed by atoms with Crippen LogP contribution in [0.2, 0.25) is 0 Å². The Morgan fingerprint density at radius 1 is 1.21 bits per heavy atom. The van der Waals surface area contributed by atoms with Crippen molar-refractivity contribution in [1.82, 2.24) is 20.9 Å². The van der Waals surface area contributed by atoms with Crippen LogP contribution < -0.4 is 16.0 Å². The topological polar surface area (TPSA) is 90.5 Å². The van der Waals surface area contributed by atoms with Crippen LogP contribution in [0.3, 0.4) is 0 Å². The molecule has 0 aromatic heterocycles. The summed E-state index contributed by atoms with van der Waals surface area (Å²) in [4.78, 5) is 37.8. The molecule has 2 fully saturated rings. The van der Waals surface area contributed by atoms with Crippen LogP contribution in [0.15, 0.2) is 18.2 Å². The van der Waals surface area contributed by atoms with Gasteiger partial charge >= 0.3 is 0 Å². The van der Waals surface area contributed by atoms with E-state index in [0.29, 0.717) is 24.4 Å². The molecule has 0 bridgehead atoms. The van der Waals surface area contributed by atoms with Crippen molar-refractivity contribution in [1.29, 1.82) is 0 Å². The first-order valence-corrected chi connectivity index (χ1v) is 10.1. The minimum absolute atomic E-state index is 0.122. The summed E-state index contributed by atoms with van der Waals surface area (Å²) in [6, 6.07) is 5.35. The van der Waals surface area contributed by atoms with E-state index in [1.807, 2.05) is 12.1 Å². The minimum Gasteiger partial charge on any atom is -0.322 e. The summed E-state index contributed by atoms with van der Waals surface area (Å²) >= 11 is 0. The first-order chi connectivity index (χ1) is 13.3. The maximum Gasteiger partial charge on any atom is 0.255 e. The van der Waals surface area contributed by atoms with Crippen LogP contribution in [-0.4, -0.2) is 47.3 Å². The number of nitrogens with zero attached hydrogens (tertiary/aromatic N) is 1. The van der Waals surface area contributed by atoms with Gasteiger partial charge < -0.3 is 15.5 Å². The summed E-state index contributed by atoms with van der Waals surface area (Å²) in [6.45, 7) is 7.70. The molecule has 150 valence electrons. The van der Waals surface area contributed by atoms with Gasteiger partial charge in [0.2, 0.25) is 11.8 Å². The van der Waals surface area contributed by atoms with Gasteiger partial charge in [-0.2, -0.15) is 0 Å². The van der Waals surface area contributed by atoms with Gasteiger partial charge in [-0.05, 0) is 56.3 Å². The monoisotopic (exact) mass is 384 g/mol. The number of carbonyl (C=O) groups is 3. The molecular formula is C21H28N4O3. The summed E-state index contributed by atoms with van der Waals surface area (Å²) < 4.78 is 0. The van der Waals surface area contributed by atoms with Crippen molar-refractivity contribution in [3.05, 3.63) is 34.9 Å². The van der Waals surface area contributed by atoms with Crippen molar-refractivity contribution in [2.75, 3.05) is 13.1 Å². The first-order valence-electron chi connectivity index (χ1n) is 10.1. The Balaban J connectivity index is 1.38. The number of hydrogen-bond donors (Lipinski definition) is 3. The highest BCUT2D eigenvalue weighted by Crippen LogP contribution is 2.28. The highest BCUT2D eigenvalue weighted by molar-refractivity contribution is 6.05. The number of imide groups is 1. The number of nitrogens with one attached hydrogen (secondary N) is 3. The lowest BCUT2D eigenvalue weighted by atomic mass is 9.89. The largest absolute Gasteiger partial charge is 0.322 e. The lowest BCUT2D eigenvalue weighted by molar-refractivity contribution is -0.136. The SMILES string of the molecule is CC1(C)NCCC1CNCc1ccc2c(c1)CN(C1CCC(=O)NC1=O)C2=O. The van der Waals surface area contributed by atoms with Crippen molar-refractivity contribution in [2.45, 2.75) is 57.8 Å². The summed E-state index contributed by atoms with van der Waals surface area (Å²) in [7, 11) is 0. The number of rotatable bonds is 5. The molecule has 1 aromatic rings. The molecule has 3 N–H and O–H groups in total. The third-order valence-electron chi connectivity index (χ3n) is 6.40. The molecule has 3 amide bonds. The molecule has 1 aromatic carbocycles. The molecule has 4 rings (SSSR count). The summed E-state index contributed by atoms with van der Waals surface area (Å²) in [5.74, 6) is -0.152. The molecule has 7 heteroatoms. The number of carbonyl (C=O) groups excluding carboxylic acids is 3. The van der Waals surface area contributed by atoms with E-state index in [4.69, 9.17) is 0 Å². The van der Waals surface area contributed by atoms with Crippen molar-refractivity contribution in [3.8, 4) is 0 Å². The average Bonchev–Trinajstić information content (AvgIpc) is 3.14. The van der Waals surface area contributed by atoms with E-state index in [0.717, 1.165) is 30.8 Å². The third-order valence-corrected chi connectivity index (χ3v) is 6.40. The van der Waals surface area contributed by atoms with Crippen LogP contribution in [-0.2, 0) is 22.7 Å². The van der Waals surface area contributed by atoms with Crippen molar-refractivity contribution >= 4 is 17.7 Å². The Bertz CT molecular complexity index is 820. The molecule has 2 unspecified atom stereocenters. The Kier molecular flexibility index (Phi) is 4.97. The second kappa shape index (κ2) is 7.29. The Morgan fingerprint density at radius 3 is 2.75 bits per heavy atom. The second-order valence-electron chi connectivity index (χ2n) is 8.66. The molecule has 0 radical (unpaired) electrons. The van der Waals surface area contributed by atoms with Gasteiger partial charge in [0.25, 0.3) is 5.91 Å². The Morgan fingerprint density at radius 2 is 2.04 bits per heavy atom. The fourth-order valence-electron chi connectivity index (χ4n) is 4.56. The van der Waals surface area contributed by atoms with Crippen molar-refractivity contribution < 1.29 is 14.4 Å². The van der Waals surface area contributed by atoms with Gasteiger partial charge in [0, 0.05) is 37.2 Å². The summed E-state index contributed by atoms with van der Waals surface area (Å²) in [5.41, 5.74) is 2.92. The number of hydrogen-bond acceptors (Lipinski definition) is 5. The normalized spacial score (nSPS) is 26.5. The van der Waals surface area contributed by atoms with Gasteiger partial charge in [0.15, 0.2) is 0 Å². The minimum atomic E-state index is -0.559. The molecule has 0 aliphatic carbocycles. The molecule has 0 saturated carbocycles. The standard InChI is InChI=1S/C21H28N4O3/c1-21(2)15(7-8-23-21)11-22-10-13-3-4-16-14(9-13)12-25(20(16)28)17-5-6-18(26)24-19(17)27/h3-4,9,15,17,22-23H,5-8,10-12H2,1-2H3,(H,24,26,27). The zero-order chi connectivity index (χ0) is 19.9. The van der Waals surface area contributed by atoms with Crippen LogP contribution in [0.1, 0.15) is 54.6 Å². The van der Waals surface area contributed by atoms with Crippen LogP contribution >= 0.6 is 0 Å². The van der Waals surface area contributed by atoms with E-state index < -0.39 is 6.04 Å². The fourth-order valence-corrected chi connectivity index (χ4v) is 4.56. The van der Waals surface area contributed by atoms with E-state index >= 15 is 0 Å². The quantitative estimate of drug-likeness (QED) is 0.657. The fraction of sp³-hybridized carbons (Fsp3) is 0.571. The summed E-state index contributed by atoms with van der Waals surface area (Å²) in [6.07, 6.45) is 1.85. The zero-order valence-corrected chi connectivity index (χ0v) is 16.5. The van der Waals surface area contributed by atoms with Gasteiger partial charge in [-0.25, -0.2) is 0 Å². The highest BCUT2D eigenvalue weighted by Gasteiger charge is 2.39. The van der Waals surface area contributed by atoms with Crippen molar-refractivity contribution in [3.63, 3.8) is 0 Å². The molecule has 3 aliphatic rings. The van der Waals surface area contributed by atoms with E-state index in [1.54, 1.807) is 4.90 Å². The maximum atomic E-state index is 12.7. The molecule has 28 heavy (non-hydrogen) atoms. The number of fused-ring (bicyclic) bond motifs is 1. The second-order valence-corrected chi connectivity index (χ2v) is 8.66. The Hall–Kier alpha value is -2.25. The first kappa shape index (κ1) is 19.1. The summed E-state index contributed by atoms with van der Waals surface area (Å²) in [5, 5.41) is 9.43. The molecule has 2 atom stereocenters. The Labute approximate surface area is 165 Å². The third kappa shape index (κ3) is 3.56. The van der Waals surface area contributed by atoms with Crippen LogP contribution in [0, 0.1) is 5.92 Å². The molecule has 0 spiro atoms. The molecule has 7 nitrogen and oxygen atoms in total. The molecule has 3 heterocycles. The predicted octanol–water partition coefficient (Wildman–Crippen LogP) is 0.925. The number of benzene rings is 1. The van der Waals surface area contributed by atoms with Gasteiger partial charge in [0.1, 0.15) is 6.04 Å². The highest BCUT2D eigenvalue weighted by atomic mass is 16.2. The lowest BCUT2D eigenvalue weighted by Crippen LogP contribution is -2.52.